The summed E-state index contributed by atoms with van der Waals surface area (Å²) in [6.45, 7) is 3.33. The van der Waals surface area contributed by atoms with Crippen LogP contribution in [0.15, 0.2) is 18.5 Å². The summed E-state index contributed by atoms with van der Waals surface area (Å²) in [5, 5.41) is 0.413. The Bertz CT molecular complexity index is 466. The molecule has 1 aliphatic carbocycles. The number of halogens is 1. The van der Waals surface area contributed by atoms with E-state index in [0.717, 1.165) is 19.3 Å². The third-order valence-electron chi connectivity index (χ3n) is 4.18. The van der Waals surface area contributed by atoms with Crippen molar-refractivity contribution in [2.75, 3.05) is 13.1 Å². The minimum Gasteiger partial charge on any atom is -0.336 e. The first-order valence-corrected chi connectivity index (χ1v) is 7.67. The minimum atomic E-state index is -0.00903. The Morgan fingerprint density at radius 3 is 2.90 bits per heavy atom. The van der Waals surface area contributed by atoms with Crippen LogP contribution in [0.25, 0.3) is 0 Å². The highest BCUT2D eigenvalue weighted by Crippen LogP contribution is 2.29. The molecule has 1 fully saturated rings. The molecule has 2 N–H and O–H groups in total. The van der Waals surface area contributed by atoms with Gasteiger partial charge in [-0.25, -0.2) is 0 Å². The average molecular weight is 296 g/mol. The number of nitrogens with zero attached hydrogens (tertiary/aromatic N) is 2. The lowest BCUT2D eigenvalue weighted by Gasteiger charge is -2.39. The minimum absolute atomic E-state index is 0.00903. The maximum atomic E-state index is 12.7. The standard InChI is InChI=1S/C15H22ClN3O/c1-2-19(14-6-4-3-5-11(14)9-17)15(20)12-7-8-18-10-13(12)16/h7-8,10-11,14H,2-6,9,17H2,1H3. The van der Waals surface area contributed by atoms with Crippen LogP contribution in [0.2, 0.25) is 5.02 Å². The first-order valence-electron chi connectivity index (χ1n) is 7.29. The lowest BCUT2D eigenvalue weighted by atomic mass is 9.83. The van der Waals surface area contributed by atoms with Crippen molar-refractivity contribution in [1.82, 2.24) is 9.88 Å². The Labute approximate surface area is 125 Å². The number of hydrogen-bond donors (Lipinski definition) is 1. The Hall–Kier alpha value is -1.13. The molecule has 2 unspecified atom stereocenters. The van der Waals surface area contributed by atoms with E-state index in [-0.39, 0.29) is 11.9 Å². The van der Waals surface area contributed by atoms with Crippen LogP contribution in [0.5, 0.6) is 0 Å². The van der Waals surface area contributed by atoms with E-state index in [0.29, 0.717) is 29.6 Å². The second kappa shape index (κ2) is 7.04. The number of amides is 1. The van der Waals surface area contributed by atoms with E-state index in [1.54, 1.807) is 12.3 Å². The lowest BCUT2D eigenvalue weighted by molar-refractivity contribution is 0.0560. The Morgan fingerprint density at radius 1 is 1.50 bits per heavy atom. The van der Waals surface area contributed by atoms with Crippen molar-refractivity contribution in [3.8, 4) is 0 Å². The van der Waals surface area contributed by atoms with Crippen LogP contribution < -0.4 is 5.73 Å². The van der Waals surface area contributed by atoms with Crippen LogP contribution in [0.1, 0.15) is 43.0 Å². The number of pyridine rings is 1. The molecule has 1 aromatic rings. The molecule has 0 bridgehead atoms. The molecule has 2 rings (SSSR count). The maximum Gasteiger partial charge on any atom is 0.255 e. The molecule has 1 saturated carbocycles. The smallest absolute Gasteiger partial charge is 0.255 e. The van der Waals surface area contributed by atoms with E-state index in [1.807, 2.05) is 11.8 Å². The van der Waals surface area contributed by atoms with Gasteiger partial charge >= 0.3 is 0 Å². The molecule has 110 valence electrons. The summed E-state index contributed by atoms with van der Waals surface area (Å²) < 4.78 is 0. The van der Waals surface area contributed by atoms with Crippen molar-refractivity contribution in [3.63, 3.8) is 0 Å². The molecule has 20 heavy (non-hydrogen) atoms. The topological polar surface area (TPSA) is 59.2 Å². The summed E-state index contributed by atoms with van der Waals surface area (Å²) in [5.41, 5.74) is 6.41. The van der Waals surface area contributed by atoms with Crippen molar-refractivity contribution < 1.29 is 4.79 Å². The molecule has 5 heteroatoms. The lowest BCUT2D eigenvalue weighted by Crippen LogP contribution is -2.48. The second-order valence-electron chi connectivity index (χ2n) is 5.29. The van der Waals surface area contributed by atoms with E-state index in [2.05, 4.69) is 4.98 Å². The first-order chi connectivity index (χ1) is 9.69. The van der Waals surface area contributed by atoms with Crippen molar-refractivity contribution >= 4 is 17.5 Å². The predicted molar refractivity (Wildman–Crippen MR) is 80.8 cm³/mol. The highest BCUT2D eigenvalue weighted by molar-refractivity contribution is 6.33. The zero-order valence-electron chi connectivity index (χ0n) is 11.9. The van der Waals surface area contributed by atoms with Gasteiger partial charge in [-0.1, -0.05) is 24.4 Å². The van der Waals surface area contributed by atoms with E-state index in [9.17, 15) is 4.79 Å². The molecule has 1 aliphatic rings. The van der Waals surface area contributed by atoms with E-state index in [4.69, 9.17) is 17.3 Å². The molecule has 4 nitrogen and oxygen atoms in total. The Balaban J connectivity index is 2.23. The molecule has 1 amide bonds. The number of carbonyl (C=O) groups excluding carboxylic acids is 1. The molecule has 0 saturated heterocycles. The van der Waals surface area contributed by atoms with Crippen LogP contribution in [-0.4, -0.2) is 34.9 Å². The van der Waals surface area contributed by atoms with Crippen molar-refractivity contribution in [2.24, 2.45) is 11.7 Å². The van der Waals surface area contributed by atoms with Gasteiger partial charge in [0, 0.05) is 25.0 Å². The van der Waals surface area contributed by atoms with Crippen molar-refractivity contribution in [3.05, 3.63) is 29.0 Å². The SMILES string of the molecule is CCN(C(=O)c1ccncc1Cl)C1CCCCC1CN. The Kier molecular flexibility index (Phi) is 5.38. The summed E-state index contributed by atoms with van der Waals surface area (Å²) >= 11 is 6.09. The first kappa shape index (κ1) is 15.3. The van der Waals surface area contributed by atoms with Gasteiger partial charge in [-0.15, -0.1) is 0 Å². The highest BCUT2D eigenvalue weighted by atomic mass is 35.5. The number of nitrogens with two attached hydrogens (primary N) is 1. The molecule has 0 radical (unpaired) electrons. The summed E-state index contributed by atoms with van der Waals surface area (Å²) in [6.07, 6.45) is 7.63. The number of aromatic nitrogens is 1. The molecule has 0 aromatic carbocycles. The zero-order valence-corrected chi connectivity index (χ0v) is 12.6. The summed E-state index contributed by atoms with van der Waals surface area (Å²) in [6, 6.07) is 1.92. The van der Waals surface area contributed by atoms with Gasteiger partial charge in [0.1, 0.15) is 0 Å². The van der Waals surface area contributed by atoms with Gasteiger partial charge in [0.15, 0.2) is 0 Å². The van der Waals surface area contributed by atoms with Crippen LogP contribution in [0.3, 0.4) is 0 Å². The molecular formula is C15H22ClN3O. The number of rotatable bonds is 4. The fraction of sp³-hybridized carbons (Fsp3) is 0.600. The Morgan fingerprint density at radius 2 is 2.25 bits per heavy atom. The number of carbonyl (C=O) groups is 1. The molecular weight excluding hydrogens is 274 g/mol. The third kappa shape index (κ3) is 3.13. The summed E-state index contributed by atoms with van der Waals surface area (Å²) in [4.78, 5) is 18.6. The van der Waals surface area contributed by atoms with Gasteiger partial charge in [0.25, 0.3) is 5.91 Å². The summed E-state index contributed by atoms with van der Waals surface area (Å²) in [7, 11) is 0. The zero-order chi connectivity index (χ0) is 14.5. The normalized spacial score (nSPS) is 22.6. The molecule has 1 heterocycles. The molecule has 1 aromatic heterocycles. The molecule has 0 aliphatic heterocycles. The van der Waals surface area contributed by atoms with Gasteiger partial charge in [-0.05, 0) is 38.3 Å². The van der Waals surface area contributed by atoms with Gasteiger partial charge in [0.2, 0.25) is 0 Å². The monoisotopic (exact) mass is 295 g/mol. The number of hydrogen-bond acceptors (Lipinski definition) is 3. The quantitative estimate of drug-likeness (QED) is 0.929. The predicted octanol–water partition coefficient (Wildman–Crippen LogP) is 2.71. The summed E-state index contributed by atoms with van der Waals surface area (Å²) in [5.74, 6) is 0.388. The molecule has 2 atom stereocenters. The van der Waals surface area contributed by atoms with E-state index in [1.165, 1.54) is 12.6 Å². The third-order valence-corrected chi connectivity index (χ3v) is 4.48. The van der Waals surface area contributed by atoms with Gasteiger partial charge in [-0.3, -0.25) is 9.78 Å². The van der Waals surface area contributed by atoms with Gasteiger partial charge < -0.3 is 10.6 Å². The maximum absolute atomic E-state index is 12.7. The van der Waals surface area contributed by atoms with Crippen LogP contribution in [0, 0.1) is 5.92 Å². The van der Waals surface area contributed by atoms with Crippen LogP contribution >= 0.6 is 11.6 Å². The van der Waals surface area contributed by atoms with Crippen molar-refractivity contribution in [1.29, 1.82) is 0 Å². The fourth-order valence-electron chi connectivity index (χ4n) is 3.11. The van der Waals surface area contributed by atoms with Crippen LogP contribution in [0.4, 0.5) is 0 Å². The second-order valence-corrected chi connectivity index (χ2v) is 5.70. The fourth-order valence-corrected chi connectivity index (χ4v) is 3.31. The largest absolute Gasteiger partial charge is 0.336 e. The van der Waals surface area contributed by atoms with Crippen molar-refractivity contribution in [2.45, 2.75) is 38.6 Å². The average Bonchev–Trinajstić information content (AvgIpc) is 2.49. The van der Waals surface area contributed by atoms with Gasteiger partial charge in [-0.2, -0.15) is 0 Å². The highest BCUT2D eigenvalue weighted by Gasteiger charge is 2.32. The van der Waals surface area contributed by atoms with Crippen LogP contribution in [-0.2, 0) is 0 Å². The van der Waals surface area contributed by atoms with E-state index < -0.39 is 0 Å². The van der Waals surface area contributed by atoms with E-state index >= 15 is 0 Å². The molecule has 0 spiro atoms. The van der Waals surface area contributed by atoms with Gasteiger partial charge in [0.05, 0.1) is 10.6 Å².